The van der Waals surface area contributed by atoms with Gasteiger partial charge in [-0.25, -0.2) is 28.8 Å². The van der Waals surface area contributed by atoms with Crippen LogP contribution in [0.3, 0.4) is 0 Å². The van der Waals surface area contributed by atoms with Gasteiger partial charge in [-0.05, 0) is 126 Å². The Morgan fingerprint density at radius 1 is 0.458 bits per heavy atom. The largest absolute Gasteiger partial charge is 0.513 e. The zero-order valence-electron chi connectivity index (χ0n) is 32.1. The standard InChI is InChI=1S/C45H40O14/c1-4-40(46)52-20-6-8-22-54-44(50)57-37-16-14-30-25-34(12-10-32(30)27-37)42(48)56-36-18-19-39(29(3)24-36)59-43(49)35-13-11-33-28-38(17-15-31(33)26-35)58-45(51)55-23-9-7-21-53-41(47)5-2/h4-5,10-19,24-28H,1-2,6-9,20-23H2,3H3. The fraction of sp³-hybridized carbons (Fsp3) is 0.200. The van der Waals surface area contributed by atoms with Crippen molar-refractivity contribution in [1.82, 2.24) is 0 Å². The van der Waals surface area contributed by atoms with E-state index in [-0.39, 0.29) is 60.6 Å². The van der Waals surface area contributed by atoms with Crippen molar-refractivity contribution < 1.29 is 66.7 Å². The Balaban J connectivity index is 1.09. The predicted molar refractivity (Wildman–Crippen MR) is 214 cm³/mol. The normalized spacial score (nSPS) is 10.5. The topological polar surface area (TPSA) is 176 Å². The highest BCUT2D eigenvalue weighted by Gasteiger charge is 2.16. The molecule has 0 aromatic heterocycles. The van der Waals surface area contributed by atoms with Crippen LogP contribution in [0.1, 0.15) is 52.0 Å². The molecule has 0 aliphatic carbocycles. The van der Waals surface area contributed by atoms with Gasteiger partial charge in [-0.15, -0.1) is 0 Å². The molecule has 0 unspecified atom stereocenters. The second kappa shape index (κ2) is 21.2. The Morgan fingerprint density at radius 2 is 0.847 bits per heavy atom. The molecule has 14 heteroatoms. The predicted octanol–water partition coefficient (Wildman–Crippen LogP) is 8.79. The van der Waals surface area contributed by atoms with Crippen LogP contribution >= 0.6 is 0 Å². The van der Waals surface area contributed by atoms with E-state index in [1.807, 2.05) is 0 Å². The number of carbonyl (C=O) groups is 6. The summed E-state index contributed by atoms with van der Waals surface area (Å²) in [5, 5.41) is 2.81. The first-order valence-corrected chi connectivity index (χ1v) is 18.4. The lowest BCUT2D eigenvalue weighted by atomic mass is 10.1. The molecule has 0 saturated carbocycles. The van der Waals surface area contributed by atoms with Crippen LogP contribution < -0.4 is 18.9 Å². The van der Waals surface area contributed by atoms with Crippen molar-refractivity contribution >= 4 is 57.7 Å². The minimum Gasteiger partial charge on any atom is -0.463 e. The molecule has 0 spiro atoms. The Morgan fingerprint density at radius 3 is 1.31 bits per heavy atom. The molecule has 0 aliphatic rings. The number of esters is 4. The highest BCUT2D eigenvalue weighted by Crippen LogP contribution is 2.28. The van der Waals surface area contributed by atoms with Gasteiger partial charge in [0.1, 0.15) is 23.0 Å². The van der Waals surface area contributed by atoms with Crippen LogP contribution in [-0.4, -0.2) is 62.6 Å². The van der Waals surface area contributed by atoms with Crippen LogP contribution in [0.2, 0.25) is 0 Å². The maximum atomic E-state index is 13.1. The van der Waals surface area contributed by atoms with Gasteiger partial charge in [0.15, 0.2) is 0 Å². The number of benzene rings is 5. The molecule has 0 aliphatic heterocycles. The number of hydrogen-bond donors (Lipinski definition) is 0. The van der Waals surface area contributed by atoms with E-state index in [9.17, 15) is 28.8 Å². The number of fused-ring (bicyclic) bond motifs is 2. The van der Waals surface area contributed by atoms with Gasteiger partial charge < -0.3 is 37.9 Å². The summed E-state index contributed by atoms with van der Waals surface area (Å²) in [6, 6.07) is 24.3. The van der Waals surface area contributed by atoms with Gasteiger partial charge in [0.25, 0.3) is 0 Å². The molecule has 0 atom stereocenters. The van der Waals surface area contributed by atoms with E-state index < -0.39 is 36.2 Å². The first kappa shape index (κ1) is 42.7. The van der Waals surface area contributed by atoms with Gasteiger partial charge in [-0.1, -0.05) is 37.4 Å². The van der Waals surface area contributed by atoms with Gasteiger partial charge in [-0.3, -0.25) is 0 Å². The van der Waals surface area contributed by atoms with Crippen LogP contribution in [-0.2, 0) is 28.5 Å². The van der Waals surface area contributed by atoms with Crippen molar-refractivity contribution in [2.45, 2.75) is 32.6 Å². The minimum atomic E-state index is -0.876. The molecule has 0 amide bonds. The number of unbranched alkanes of at least 4 members (excludes halogenated alkanes) is 2. The van der Waals surface area contributed by atoms with Crippen molar-refractivity contribution in [2.75, 3.05) is 26.4 Å². The molecule has 0 radical (unpaired) electrons. The molecular weight excluding hydrogens is 764 g/mol. The van der Waals surface area contributed by atoms with Crippen LogP contribution in [0.15, 0.2) is 116 Å². The van der Waals surface area contributed by atoms with E-state index in [0.29, 0.717) is 52.8 Å². The average molecular weight is 805 g/mol. The summed E-state index contributed by atoms with van der Waals surface area (Å²) in [4.78, 5) is 72.4. The molecule has 0 fully saturated rings. The van der Waals surface area contributed by atoms with E-state index in [0.717, 1.165) is 12.2 Å². The lowest BCUT2D eigenvalue weighted by molar-refractivity contribution is -0.138. The second-order valence-corrected chi connectivity index (χ2v) is 12.7. The van der Waals surface area contributed by atoms with E-state index in [2.05, 4.69) is 13.2 Å². The fourth-order valence-corrected chi connectivity index (χ4v) is 5.39. The van der Waals surface area contributed by atoms with Crippen molar-refractivity contribution in [1.29, 1.82) is 0 Å². The molecule has 5 aromatic carbocycles. The summed E-state index contributed by atoms with van der Waals surface area (Å²) in [5.74, 6) is -1.22. The van der Waals surface area contributed by atoms with E-state index in [1.54, 1.807) is 85.8 Å². The Kier molecular flexibility index (Phi) is 15.3. The third kappa shape index (κ3) is 13.0. The molecule has 14 nitrogen and oxygen atoms in total. The molecule has 59 heavy (non-hydrogen) atoms. The molecule has 0 saturated heterocycles. The van der Waals surface area contributed by atoms with E-state index in [4.69, 9.17) is 37.9 Å². The van der Waals surface area contributed by atoms with Crippen molar-refractivity contribution in [3.8, 4) is 23.0 Å². The highest BCUT2D eigenvalue weighted by molar-refractivity contribution is 5.98. The van der Waals surface area contributed by atoms with Gasteiger partial charge in [0.2, 0.25) is 0 Å². The Labute approximate surface area is 338 Å². The molecule has 304 valence electrons. The van der Waals surface area contributed by atoms with Gasteiger partial charge in [0, 0.05) is 12.2 Å². The Hall–Kier alpha value is -7.48. The zero-order valence-corrected chi connectivity index (χ0v) is 32.1. The third-order valence-electron chi connectivity index (χ3n) is 8.40. The first-order valence-electron chi connectivity index (χ1n) is 18.4. The van der Waals surface area contributed by atoms with Crippen LogP contribution in [0.25, 0.3) is 21.5 Å². The third-order valence-corrected chi connectivity index (χ3v) is 8.40. The number of aryl methyl sites for hydroxylation is 1. The van der Waals surface area contributed by atoms with Gasteiger partial charge in [-0.2, -0.15) is 0 Å². The van der Waals surface area contributed by atoms with Crippen LogP contribution in [0.4, 0.5) is 9.59 Å². The van der Waals surface area contributed by atoms with Crippen LogP contribution in [0.5, 0.6) is 23.0 Å². The quantitative estimate of drug-likeness (QED) is 0.0205. The number of hydrogen-bond acceptors (Lipinski definition) is 14. The van der Waals surface area contributed by atoms with Gasteiger partial charge in [0.05, 0.1) is 37.6 Å². The summed E-state index contributed by atoms with van der Waals surface area (Å²) in [6.07, 6.45) is 2.37. The molecule has 5 rings (SSSR count). The van der Waals surface area contributed by atoms with Gasteiger partial charge >= 0.3 is 36.2 Å². The molecule has 5 aromatic rings. The van der Waals surface area contributed by atoms with Crippen LogP contribution in [0, 0.1) is 6.92 Å². The van der Waals surface area contributed by atoms with E-state index in [1.165, 1.54) is 12.1 Å². The summed E-state index contributed by atoms with van der Waals surface area (Å²) in [6.45, 7) is 8.91. The highest BCUT2D eigenvalue weighted by atomic mass is 16.7. The lowest BCUT2D eigenvalue weighted by Crippen LogP contribution is -2.12. The molecule has 0 N–H and O–H groups in total. The van der Waals surface area contributed by atoms with E-state index >= 15 is 0 Å². The molecule has 0 bridgehead atoms. The summed E-state index contributed by atoms with van der Waals surface area (Å²) < 4.78 is 41.6. The Bertz CT molecular complexity index is 2380. The summed E-state index contributed by atoms with van der Waals surface area (Å²) >= 11 is 0. The second-order valence-electron chi connectivity index (χ2n) is 12.7. The average Bonchev–Trinajstić information content (AvgIpc) is 3.23. The van der Waals surface area contributed by atoms with Crippen molar-refractivity contribution in [3.05, 3.63) is 133 Å². The number of ether oxygens (including phenoxy) is 8. The van der Waals surface area contributed by atoms with Crippen molar-refractivity contribution in [2.24, 2.45) is 0 Å². The zero-order chi connectivity index (χ0) is 42.1. The SMILES string of the molecule is C=CC(=O)OCCCCOC(=O)Oc1ccc2cc(C(=O)Oc3ccc(OC(=O)c4ccc5cc(OC(=O)OCCCCOC(=O)C=C)ccc5c4)c(C)c3)ccc2c1. The maximum Gasteiger partial charge on any atom is 0.513 e. The summed E-state index contributed by atoms with van der Waals surface area (Å²) in [5.41, 5.74) is 1.12. The molecule has 0 heterocycles. The van der Waals surface area contributed by atoms with Crippen molar-refractivity contribution in [3.63, 3.8) is 0 Å². The monoisotopic (exact) mass is 804 g/mol. The smallest absolute Gasteiger partial charge is 0.463 e. The fourth-order valence-electron chi connectivity index (χ4n) is 5.39. The first-order chi connectivity index (χ1) is 28.5. The number of rotatable bonds is 18. The minimum absolute atomic E-state index is 0.0916. The molecular formula is C45H40O14. The lowest BCUT2D eigenvalue weighted by Gasteiger charge is -2.11. The maximum absolute atomic E-state index is 13.1. The summed E-state index contributed by atoms with van der Waals surface area (Å²) in [7, 11) is 0. The number of carbonyl (C=O) groups excluding carboxylic acids is 6.